The van der Waals surface area contributed by atoms with Crippen molar-refractivity contribution in [3.8, 4) is 0 Å². The number of nitrogens with one attached hydrogen (secondary N) is 1. The number of carboxylic acid groups (broad SMARTS) is 1. The van der Waals surface area contributed by atoms with Crippen LogP contribution in [0.25, 0.3) is 0 Å². The highest BCUT2D eigenvalue weighted by Crippen LogP contribution is 2.27. The van der Waals surface area contributed by atoms with E-state index in [9.17, 15) is 9.59 Å². The van der Waals surface area contributed by atoms with Crippen LogP contribution in [-0.2, 0) is 4.79 Å². The summed E-state index contributed by atoms with van der Waals surface area (Å²) in [7, 11) is 0. The molecular weight excluding hydrogens is 256 g/mol. The standard InChI is InChI=1S/C15H30N2O3/c1-11(2)17(9-8-12(18)19)13(20)16-15(6,7)10-14(3,4)5/h11H,8-10H2,1-7H3,(H,16,20)(H,18,19). The van der Waals surface area contributed by atoms with E-state index in [0.717, 1.165) is 6.42 Å². The Morgan fingerprint density at radius 2 is 1.65 bits per heavy atom. The van der Waals surface area contributed by atoms with Gasteiger partial charge in [-0.2, -0.15) is 0 Å². The number of carbonyl (C=O) groups excluding carboxylic acids is 1. The third kappa shape index (κ3) is 8.02. The van der Waals surface area contributed by atoms with E-state index in [1.807, 2.05) is 27.7 Å². The number of carbonyl (C=O) groups is 2. The summed E-state index contributed by atoms with van der Waals surface area (Å²) in [6, 6.07) is -0.227. The zero-order valence-corrected chi connectivity index (χ0v) is 13.9. The summed E-state index contributed by atoms with van der Waals surface area (Å²) in [5.41, 5.74) is -0.216. The second kappa shape index (κ2) is 6.95. The third-order valence-corrected chi connectivity index (χ3v) is 2.87. The summed E-state index contributed by atoms with van der Waals surface area (Å²) >= 11 is 0. The van der Waals surface area contributed by atoms with Gasteiger partial charge in [-0.15, -0.1) is 0 Å². The smallest absolute Gasteiger partial charge is 0.318 e. The van der Waals surface area contributed by atoms with Crippen molar-refractivity contribution in [2.24, 2.45) is 5.41 Å². The van der Waals surface area contributed by atoms with E-state index in [1.54, 1.807) is 4.90 Å². The van der Waals surface area contributed by atoms with Crippen molar-refractivity contribution in [2.45, 2.75) is 72.9 Å². The quantitative estimate of drug-likeness (QED) is 0.788. The van der Waals surface area contributed by atoms with Gasteiger partial charge >= 0.3 is 12.0 Å². The van der Waals surface area contributed by atoms with Gasteiger partial charge in [0.1, 0.15) is 0 Å². The first-order valence-corrected chi connectivity index (χ1v) is 7.15. The molecule has 0 aliphatic heterocycles. The van der Waals surface area contributed by atoms with Gasteiger partial charge in [0.05, 0.1) is 6.42 Å². The normalized spacial score (nSPS) is 12.4. The van der Waals surface area contributed by atoms with Gasteiger partial charge in [-0.3, -0.25) is 4.79 Å². The Labute approximate surface area is 122 Å². The number of urea groups is 1. The lowest BCUT2D eigenvalue weighted by molar-refractivity contribution is -0.137. The van der Waals surface area contributed by atoms with Crippen LogP contribution in [0.3, 0.4) is 0 Å². The van der Waals surface area contributed by atoms with E-state index in [2.05, 4.69) is 26.1 Å². The maximum Gasteiger partial charge on any atom is 0.318 e. The number of rotatable bonds is 6. The molecule has 5 nitrogen and oxygen atoms in total. The molecule has 118 valence electrons. The lowest BCUT2D eigenvalue weighted by atomic mass is 9.82. The van der Waals surface area contributed by atoms with Crippen molar-refractivity contribution in [2.75, 3.05) is 6.54 Å². The highest BCUT2D eigenvalue weighted by molar-refractivity contribution is 5.76. The van der Waals surface area contributed by atoms with Crippen molar-refractivity contribution in [3.63, 3.8) is 0 Å². The van der Waals surface area contributed by atoms with Gasteiger partial charge in [0.25, 0.3) is 0 Å². The molecule has 0 aliphatic rings. The van der Waals surface area contributed by atoms with Crippen LogP contribution in [-0.4, -0.2) is 40.1 Å². The van der Waals surface area contributed by atoms with Crippen LogP contribution in [0.4, 0.5) is 4.79 Å². The Hall–Kier alpha value is -1.26. The van der Waals surface area contributed by atoms with Crippen molar-refractivity contribution in [3.05, 3.63) is 0 Å². The van der Waals surface area contributed by atoms with Gasteiger partial charge in [-0.25, -0.2) is 4.79 Å². The number of carboxylic acids is 1. The van der Waals surface area contributed by atoms with E-state index in [4.69, 9.17) is 5.11 Å². The third-order valence-electron chi connectivity index (χ3n) is 2.87. The fourth-order valence-corrected chi connectivity index (χ4v) is 2.54. The van der Waals surface area contributed by atoms with Crippen molar-refractivity contribution in [1.29, 1.82) is 0 Å². The SMILES string of the molecule is CC(C)N(CCC(=O)O)C(=O)NC(C)(C)CC(C)(C)C. The van der Waals surface area contributed by atoms with E-state index in [1.165, 1.54) is 0 Å². The fourth-order valence-electron chi connectivity index (χ4n) is 2.54. The molecule has 0 spiro atoms. The number of amides is 2. The molecule has 0 bridgehead atoms. The second-order valence-electron chi connectivity index (χ2n) is 7.48. The van der Waals surface area contributed by atoms with E-state index < -0.39 is 5.97 Å². The summed E-state index contributed by atoms with van der Waals surface area (Å²) in [6.45, 7) is 14.4. The zero-order chi connectivity index (χ0) is 16.1. The average Bonchev–Trinajstić information content (AvgIpc) is 2.10. The molecule has 0 saturated carbocycles. The predicted molar refractivity (Wildman–Crippen MR) is 80.8 cm³/mol. The molecule has 0 aliphatic carbocycles. The molecule has 0 saturated heterocycles. The molecule has 0 aromatic rings. The van der Waals surface area contributed by atoms with Gasteiger partial charge < -0.3 is 15.3 Å². The maximum atomic E-state index is 12.3. The first kappa shape index (κ1) is 18.7. The molecule has 5 heteroatoms. The van der Waals surface area contributed by atoms with Crippen LogP contribution >= 0.6 is 0 Å². The number of nitrogens with zero attached hydrogens (tertiary/aromatic N) is 1. The van der Waals surface area contributed by atoms with Crippen molar-refractivity contribution < 1.29 is 14.7 Å². The zero-order valence-electron chi connectivity index (χ0n) is 13.9. The number of hydrogen-bond acceptors (Lipinski definition) is 2. The monoisotopic (exact) mass is 286 g/mol. The summed E-state index contributed by atoms with van der Waals surface area (Å²) in [5.74, 6) is -0.891. The number of aliphatic carboxylic acids is 1. The lowest BCUT2D eigenvalue weighted by Crippen LogP contribution is -2.53. The van der Waals surface area contributed by atoms with Crippen LogP contribution in [0.15, 0.2) is 0 Å². The Kier molecular flexibility index (Phi) is 6.51. The van der Waals surface area contributed by atoms with Gasteiger partial charge in [0.15, 0.2) is 0 Å². The molecule has 0 heterocycles. The van der Waals surface area contributed by atoms with E-state index in [0.29, 0.717) is 0 Å². The Morgan fingerprint density at radius 1 is 1.15 bits per heavy atom. The first-order valence-electron chi connectivity index (χ1n) is 7.15. The van der Waals surface area contributed by atoms with Gasteiger partial charge in [-0.1, -0.05) is 20.8 Å². The average molecular weight is 286 g/mol. The highest BCUT2D eigenvalue weighted by Gasteiger charge is 2.29. The fraction of sp³-hybridized carbons (Fsp3) is 0.867. The first-order chi connectivity index (χ1) is 8.84. The molecule has 0 fully saturated rings. The maximum absolute atomic E-state index is 12.3. The molecule has 0 aromatic heterocycles. The van der Waals surface area contributed by atoms with E-state index >= 15 is 0 Å². The van der Waals surface area contributed by atoms with Gasteiger partial charge in [0.2, 0.25) is 0 Å². The molecule has 20 heavy (non-hydrogen) atoms. The van der Waals surface area contributed by atoms with Gasteiger partial charge in [0, 0.05) is 18.1 Å². The summed E-state index contributed by atoms with van der Waals surface area (Å²) in [5, 5.41) is 11.8. The minimum Gasteiger partial charge on any atom is -0.481 e. The molecule has 0 rings (SSSR count). The van der Waals surface area contributed by atoms with Crippen molar-refractivity contribution >= 4 is 12.0 Å². The van der Waals surface area contributed by atoms with E-state index in [-0.39, 0.29) is 36.0 Å². The predicted octanol–water partition coefficient (Wildman–Crippen LogP) is 3.10. The second-order valence-corrected chi connectivity index (χ2v) is 7.48. The Balaban J connectivity index is 4.71. The number of hydrogen-bond donors (Lipinski definition) is 2. The molecule has 0 aromatic carbocycles. The van der Waals surface area contributed by atoms with Gasteiger partial charge in [-0.05, 0) is 39.5 Å². The Bertz CT molecular complexity index is 344. The minimum atomic E-state index is -0.891. The minimum absolute atomic E-state index is 0.0280. The lowest BCUT2D eigenvalue weighted by Gasteiger charge is -2.36. The molecule has 2 amide bonds. The van der Waals surface area contributed by atoms with Crippen LogP contribution in [0, 0.1) is 5.41 Å². The molecule has 0 atom stereocenters. The van der Waals surface area contributed by atoms with Crippen LogP contribution < -0.4 is 5.32 Å². The topological polar surface area (TPSA) is 69.6 Å². The summed E-state index contributed by atoms with van der Waals surface area (Å²) < 4.78 is 0. The molecule has 0 unspecified atom stereocenters. The largest absolute Gasteiger partial charge is 0.481 e. The summed E-state index contributed by atoms with van der Waals surface area (Å²) in [6.07, 6.45) is 0.807. The summed E-state index contributed by atoms with van der Waals surface area (Å²) in [4.78, 5) is 24.6. The van der Waals surface area contributed by atoms with Crippen LogP contribution in [0.1, 0.15) is 61.3 Å². The Morgan fingerprint density at radius 3 is 2.00 bits per heavy atom. The highest BCUT2D eigenvalue weighted by atomic mass is 16.4. The van der Waals surface area contributed by atoms with Crippen LogP contribution in [0.2, 0.25) is 0 Å². The van der Waals surface area contributed by atoms with Crippen LogP contribution in [0.5, 0.6) is 0 Å². The molecule has 2 N–H and O–H groups in total. The molecular formula is C15H30N2O3. The molecule has 0 radical (unpaired) electrons. The van der Waals surface area contributed by atoms with Crippen molar-refractivity contribution in [1.82, 2.24) is 10.2 Å².